The van der Waals surface area contributed by atoms with Crippen LogP contribution in [0.1, 0.15) is 16.7 Å². The van der Waals surface area contributed by atoms with Crippen LogP contribution >= 0.6 is 12.2 Å². The van der Waals surface area contributed by atoms with E-state index in [1.165, 1.54) is 18.2 Å². The average Bonchev–Trinajstić information content (AvgIpc) is 2.63. The lowest BCUT2D eigenvalue weighted by Crippen LogP contribution is -1.85. The standard InChI is InChI=1S/C22H15F2NS/c1-15-2-6-17(7-3-15)19-10-9-18(20(23)13-19)8-4-16-5-11-22(25-14-26)21(24)12-16/h2-13H,1H3. The minimum atomic E-state index is -0.500. The van der Waals surface area contributed by atoms with Crippen LogP contribution in [0.15, 0.2) is 65.7 Å². The van der Waals surface area contributed by atoms with Gasteiger partial charge in [0.15, 0.2) is 0 Å². The Hall–Kier alpha value is -2.94. The fourth-order valence-corrected chi connectivity index (χ4v) is 2.64. The first-order valence-electron chi connectivity index (χ1n) is 7.99. The quantitative estimate of drug-likeness (QED) is 0.281. The molecule has 128 valence electrons. The van der Waals surface area contributed by atoms with Crippen molar-refractivity contribution in [3.8, 4) is 11.1 Å². The molecule has 0 aliphatic carbocycles. The molecule has 4 heteroatoms. The molecule has 0 atom stereocenters. The van der Waals surface area contributed by atoms with Crippen molar-refractivity contribution in [2.24, 2.45) is 4.99 Å². The van der Waals surface area contributed by atoms with Gasteiger partial charge in [-0.05, 0) is 54.0 Å². The molecule has 0 bridgehead atoms. The predicted molar refractivity (Wildman–Crippen MR) is 107 cm³/mol. The molecule has 3 rings (SSSR count). The summed E-state index contributed by atoms with van der Waals surface area (Å²) in [5, 5.41) is 2.13. The second-order valence-corrected chi connectivity index (χ2v) is 6.03. The van der Waals surface area contributed by atoms with E-state index in [1.54, 1.807) is 24.3 Å². The van der Waals surface area contributed by atoms with E-state index in [-0.39, 0.29) is 11.5 Å². The van der Waals surface area contributed by atoms with Crippen LogP contribution in [0, 0.1) is 18.6 Å². The molecule has 26 heavy (non-hydrogen) atoms. The first-order chi connectivity index (χ1) is 12.6. The topological polar surface area (TPSA) is 12.4 Å². The van der Waals surface area contributed by atoms with Gasteiger partial charge in [0.05, 0.1) is 5.16 Å². The second-order valence-electron chi connectivity index (χ2n) is 5.85. The van der Waals surface area contributed by atoms with Gasteiger partial charge >= 0.3 is 0 Å². The van der Waals surface area contributed by atoms with Crippen LogP contribution in [-0.4, -0.2) is 5.16 Å². The third-order valence-electron chi connectivity index (χ3n) is 3.98. The summed E-state index contributed by atoms with van der Waals surface area (Å²) in [7, 11) is 0. The Morgan fingerprint density at radius 3 is 2.23 bits per heavy atom. The molecule has 0 amide bonds. The Morgan fingerprint density at radius 1 is 0.846 bits per heavy atom. The van der Waals surface area contributed by atoms with Gasteiger partial charge in [-0.25, -0.2) is 8.78 Å². The minimum Gasteiger partial charge on any atom is -0.206 e. The number of aryl methyl sites for hydroxylation is 1. The van der Waals surface area contributed by atoms with E-state index in [0.717, 1.165) is 16.7 Å². The Morgan fingerprint density at radius 2 is 1.58 bits per heavy atom. The molecule has 1 nitrogen and oxygen atoms in total. The van der Waals surface area contributed by atoms with Crippen molar-refractivity contribution in [3.05, 3.63) is 89.0 Å². The van der Waals surface area contributed by atoms with Gasteiger partial charge in [0.2, 0.25) is 0 Å². The summed E-state index contributed by atoms with van der Waals surface area (Å²) in [6.07, 6.45) is 3.27. The molecular weight excluding hydrogens is 348 g/mol. The number of isothiocyanates is 1. The van der Waals surface area contributed by atoms with Crippen molar-refractivity contribution in [2.45, 2.75) is 6.92 Å². The van der Waals surface area contributed by atoms with Crippen molar-refractivity contribution in [1.82, 2.24) is 0 Å². The zero-order chi connectivity index (χ0) is 18.5. The Kier molecular flexibility index (Phi) is 5.47. The molecule has 3 aromatic carbocycles. The molecule has 0 radical (unpaired) electrons. The van der Waals surface area contributed by atoms with Gasteiger partial charge < -0.3 is 0 Å². The number of aliphatic imine (C=N–C) groups is 1. The fourth-order valence-electron chi connectivity index (χ4n) is 2.54. The number of hydrogen-bond donors (Lipinski definition) is 0. The number of thiocarbonyl (C=S) groups is 1. The second kappa shape index (κ2) is 7.96. The van der Waals surface area contributed by atoms with E-state index in [1.807, 2.05) is 37.3 Å². The lowest BCUT2D eigenvalue weighted by atomic mass is 10.0. The predicted octanol–water partition coefficient (Wildman–Crippen LogP) is 6.84. The molecule has 3 aromatic rings. The number of benzene rings is 3. The highest BCUT2D eigenvalue weighted by molar-refractivity contribution is 7.78. The van der Waals surface area contributed by atoms with Gasteiger partial charge in [0.25, 0.3) is 0 Å². The molecule has 0 saturated carbocycles. The van der Waals surface area contributed by atoms with E-state index in [0.29, 0.717) is 11.1 Å². The summed E-state index contributed by atoms with van der Waals surface area (Å²) in [6.45, 7) is 2.01. The number of hydrogen-bond acceptors (Lipinski definition) is 2. The Labute approximate surface area is 156 Å². The van der Waals surface area contributed by atoms with Gasteiger partial charge in [-0.2, -0.15) is 4.99 Å². The van der Waals surface area contributed by atoms with Gasteiger partial charge in [-0.15, -0.1) is 0 Å². The van der Waals surface area contributed by atoms with E-state index in [2.05, 4.69) is 22.4 Å². The van der Waals surface area contributed by atoms with E-state index in [9.17, 15) is 8.78 Å². The molecular formula is C22H15F2NS. The van der Waals surface area contributed by atoms with Crippen molar-refractivity contribution >= 4 is 35.2 Å². The fraction of sp³-hybridized carbons (Fsp3) is 0.0455. The molecule has 0 heterocycles. The van der Waals surface area contributed by atoms with Crippen LogP contribution in [0.2, 0.25) is 0 Å². The van der Waals surface area contributed by atoms with Crippen LogP contribution in [0.25, 0.3) is 23.3 Å². The lowest BCUT2D eigenvalue weighted by Gasteiger charge is -2.05. The number of halogens is 2. The van der Waals surface area contributed by atoms with E-state index in [4.69, 9.17) is 0 Å². The third-order valence-corrected chi connectivity index (χ3v) is 4.07. The molecule has 0 N–H and O–H groups in total. The highest BCUT2D eigenvalue weighted by Gasteiger charge is 2.04. The maximum absolute atomic E-state index is 14.4. The zero-order valence-electron chi connectivity index (χ0n) is 14.0. The van der Waals surface area contributed by atoms with Crippen LogP contribution in [0.4, 0.5) is 14.5 Å². The van der Waals surface area contributed by atoms with Crippen LogP contribution < -0.4 is 0 Å². The summed E-state index contributed by atoms with van der Waals surface area (Å²) >= 11 is 4.47. The van der Waals surface area contributed by atoms with Gasteiger partial charge in [0, 0.05) is 5.56 Å². The average molecular weight is 363 g/mol. The first-order valence-corrected chi connectivity index (χ1v) is 8.40. The normalized spacial score (nSPS) is 10.7. The van der Waals surface area contributed by atoms with Crippen LogP contribution in [0.5, 0.6) is 0 Å². The monoisotopic (exact) mass is 363 g/mol. The van der Waals surface area contributed by atoms with E-state index >= 15 is 0 Å². The summed E-state index contributed by atoms with van der Waals surface area (Å²) in [6, 6.07) is 17.5. The highest BCUT2D eigenvalue weighted by atomic mass is 32.1. The van der Waals surface area contributed by atoms with Gasteiger partial charge in [-0.1, -0.05) is 60.2 Å². The number of rotatable bonds is 4. The van der Waals surface area contributed by atoms with Crippen LogP contribution in [0.3, 0.4) is 0 Å². The number of nitrogens with zero attached hydrogens (tertiary/aromatic N) is 1. The maximum Gasteiger partial charge on any atom is 0.150 e. The molecule has 0 unspecified atom stereocenters. The Bertz CT molecular complexity index is 1020. The van der Waals surface area contributed by atoms with Crippen LogP contribution in [-0.2, 0) is 0 Å². The van der Waals surface area contributed by atoms with Crippen molar-refractivity contribution in [2.75, 3.05) is 0 Å². The summed E-state index contributed by atoms with van der Waals surface area (Å²) in [5.74, 6) is -0.832. The molecule has 0 aromatic heterocycles. The molecule has 0 saturated heterocycles. The van der Waals surface area contributed by atoms with Crippen molar-refractivity contribution < 1.29 is 8.78 Å². The maximum atomic E-state index is 14.4. The van der Waals surface area contributed by atoms with Crippen molar-refractivity contribution in [1.29, 1.82) is 0 Å². The molecule has 0 fully saturated rings. The Balaban J connectivity index is 1.84. The van der Waals surface area contributed by atoms with Gasteiger partial charge in [0.1, 0.15) is 17.3 Å². The lowest BCUT2D eigenvalue weighted by molar-refractivity contribution is 0.625. The zero-order valence-corrected chi connectivity index (χ0v) is 14.9. The summed E-state index contributed by atoms with van der Waals surface area (Å²) in [5.41, 5.74) is 4.10. The molecule has 0 aliphatic heterocycles. The van der Waals surface area contributed by atoms with E-state index < -0.39 is 5.82 Å². The largest absolute Gasteiger partial charge is 0.206 e. The SMILES string of the molecule is Cc1ccc(-c2ccc(C=Cc3ccc(N=C=S)c(F)c3)c(F)c2)cc1. The molecule has 0 aliphatic rings. The van der Waals surface area contributed by atoms with Gasteiger partial charge in [-0.3, -0.25) is 0 Å². The summed E-state index contributed by atoms with van der Waals surface area (Å²) < 4.78 is 28.2. The van der Waals surface area contributed by atoms with Crippen molar-refractivity contribution in [3.63, 3.8) is 0 Å². The highest BCUT2D eigenvalue weighted by Crippen LogP contribution is 2.24. The third kappa shape index (κ3) is 4.17. The smallest absolute Gasteiger partial charge is 0.150 e. The molecule has 0 spiro atoms. The minimum absolute atomic E-state index is 0.130. The summed E-state index contributed by atoms with van der Waals surface area (Å²) in [4.78, 5) is 3.63. The first kappa shape index (κ1) is 17.9.